The molecule has 0 saturated heterocycles. The molecule has 3 nitrogen and oxygen atoms in total. The standard InChI is InChI=1S/C12H11NO2S/c14-12(15)8-4-5-9-10(6-8)16-11(13-9)7-2-1-3-7/h4-7H,1-3H2,(H,14,15). The molecule has 0 radical (unpaired) electrons. The van der Waals surface area contributed by atoms with Crippen LogP contribution in [0.4, 0.5) is 0 Å². The molecule has 1 aromatic carbocycles. The SMILES string of the molecule is O=C(O)c1ccc2nc(C3CCC3)sc2c1. The second-order valence-electron chi connectivity index (χ2n) is 4.17. The summed E-state index contributed by atoms with van der Waals surface area (Å²) in [5.74, 6) is -0.258. The summed E-state index contributed by atoms with van der Waals surface area (Å²) in [7, 11) is 0. The molecule has 0 aliphatic heterocycles. The number of aromatic carboxylic acids is 1. The highest BCUT2D eigenvalue weighted by Crippen LogP contribution is 2.39. The largest absolute Gasteiger partial charge is 0.478 e. The van der Waals surface area contributed by atoms with Gasteiger partial charge in [-0.2, -0.15) is 0 Å². The van der Waals surface area contributed by atoms with E-state index in [0.717, 1.165) is 10.2 Å². The van der Waals surface area contributed by atoms with Gasteiger partial charge in [0.25, 0.3) is 0 Å². The van der Waals surface area contributed by atoms with Crippen molar-refractivity contribution in [2.75, 3.05) is 0 Å². The molecule has 1 aromatic heterocycles. The van der Waals surface area contributed by atoms with E-state index in [1.54, 1.807) is 29.5 Å². The molecule has 1 heterocycles. The molecule has 0 spiro atoms. The number of carboxylic acids is 1. The Balaban J connectivity index is 2.06. The zero-order valence-corrected chi connectivity index (χ0v) is 9.46. The molecule has 1 aliphatic carbocycles. The molecule has 0 bridgehead atoms. The number of hydrogen-bond acceptors (Lipinski definition) is 3. The van der Waals surface area contributed by atoms with E-state index in [1.165, 1.54) is 24.3 Å². The summed E-state index contributed by atoms with van der Waals surface area (Å²) in [5, 5.41) is 10.1. The second-order valence-corrected chi connectivity index (χ2v) is 5.23. The van der Waals surface area contributed by atoms with Crippen molar-refractivity contribution in [3.05, 3.63) is 28.8 Å². The van der Waals surface area contributed by atoms with Crippen LogP contribution in [-0.4, -0.2) is 16.1 Å². The van der Waals surface area contributed by atoms with E-state index in [9.17, 15) is 4.79 Å². The van der Waals surface area contributed by atoms with Gasteiger partial charge in [-0.1, -0.05) is 6.42 Å². The molecule has 0 amide bonds. The van der Waals surface area contributed by atoms with Gasteiger partial charge in [0.05, 0.1) is 20.8 Å². The smallest absolute Gasteiger partial charge is 0.335 e. The van der Waals surface area contributed by atoms with Crippen molar-refractivity contribution in [2.45, 2.75) is 25.2 Å². The summed E-state index contributed by atoms with van der Waals surface area (Å²) in [5.41, 5.74) is 1.27. The van der Waals surface area contributed by atoms with Crippen molar-refractivity contribution in [1.29, 1.82) is 0 Å². The summed E-state index contributed by atoms with van der Waals surface area (Å²) < 4.78 is 0.988. The number of carbonyl (C=O) groups is 1. The van der Waals surface area contributed by atoms with Gasteiger partial charge in [-0.3, -0.25) is 0 Å². The lowest BCUT2D eigenvalue weighted by atomic mass is 9.86. The number of rotatable bonds is 2. The summed E-state index contributed by atoms with van der Waals surface area (Å²) in [6, 6.07) is 5.14. The number of hydrogen-bond donors (Lipinski definition) is 1. The molecule has 2 aromatic rings. The third-order valence-corrected chi connectivity index (χ3v) is 4.29. The Kier molecular flexibility index (Phi) is 2.17. The maximum Gasteiger partial charge on any atom is 0.335 e. The number of nitrogens with zero attached hydrogens (tertiary/aromatic N) is 1. The molecule has 0 atom stereocenters. The highest BCUT2D eigenvalue weighted by molar-refractivity contribution is 7.18. The van der Waals surface area contributed by atoms with E-state index < -0.39 is 5.97 Å². The highest BCUT2D eigenvalue weighted by Gasteiger charge is 2.23. The highest BCUT2D eigenvalue weighted by atomic mass is 32.1. The van der Waals surface area contributed by atoms with E-state index in [0.29, 0.717) is 11.5 Å². The molecule has 0 unspecified atom stereocenters. The van der Waals surface area contributed by atoms with Crippen LogP contribution in [0.5, 0.6) is 0 Å². The predicted molar refractivity (Wildman–Crippen MR) is 63.2 cm³/mol. The maximum atomic E-state index is 10.8. The lowest BCUT2D eigenvalue weighted by Gasteiger charge is -2.22. The van der Waals surface area contributed by atoms with E-state index in [2.05, 4.69) is 4.98 Å². The van der Waals surface area contributed by atoms with E-state index >= 15 is 0 Å². The van der Waals surface area contributed by atoms with Gasteiger partial charge in [-0.05, 0) is 31.0 Å². The van der Waals surface area contributed by atoms with E-state index in [4.69, 9.17) is 5.11 Å². The Labute approximate surface area is 96.7 Å². The van der Waals surface area contributed by atoms with Gasteiger partial charge >= 0.3 is 5.97 Å². The van der Waals surface area contributed by atoms with Crippen LogP contribution in [0, 0.1) is 0 Å². The van der Waals surface area contributed by atoms with Crippen LogP contribution in [0.1, 0.15) is 40.5 Å². The van der Waals surface area contributed by atoms with Crippen molar-refractivity contribution >= 4 is 27.5 Å². The quantitative estimate of drug-likeness (QED) is 0.866. The van der Waals surface area contributed by atoms with Gasteiger partial charge in [0, 0.05) is 5.92 Å². The lowest BCUT2D eigenvalue weighted by molar-refractivity contribution is 0.0697. The van der Waals surface area contributed by atoms with Crippen molar-refractivity contribution in [3.63, 3.8) is 0 Å². The fraction of sp³-hybridized carbons (Fsp3) is 0.333. The third kappa shape index (κ3) is 1.50. The van der Waals surface area contributed by atoms with Gasteiger partial charge in [0.15, 0.2) is 0 Å². The Hall–Kier alpha value is -1.42. The number of carboxylic acid groups (broad SMARTS) is 1. The summed E-state index contributed by atoms with van der Waals surface area (Å²) in [6.07, 6.45) is 3.75. The normalized spacial score (nSPS) is 16.2. The van der Waals surface area contributed by atoms with Crippen LogP contribution < -0.4 is 0 Å². The summed E-state index contributed by atoms with van der Waals surface area (Å²) >= 11 is 1.64. The Morgan fingerprint density at radius 1 is 1.44 bits per heavy atom. The molecule has 3 rings (SSSR count). The third-order valence-electron chi connectivity index (χ3n) is 3.11. The Morgan fingerprint density at radius 3 is 2.88 bits per heavy atom. The van der Waals surface area contributed by atoms with Gasteiger partial charge in [-0.25, -0.2) is 9.78 Å². The number of fused-ring (bicyclic) bond motifs is 1. The molecule has 1 fully saturated rings. The summed E-state index contributed by atoms with van der Waals surface area (Å²) in [4.78, 5) is 15.4. The minimum Gasteiger partial charge on any atom is -0.478 e. The first kappa shape index (κ1) is 9.78. The van der Waals surface area contributed by atoms with Crippen molar-refractivity contribution < 1.29 is 9.90 Å². The van der Waals surface area contributed by atoms with Gasteiger partial charge < -0.3 is 5.11 Å². The minimum atomic E-state index is -0.875. The average molecular weight is 233 g/mol. The first-order valence-electron chi connectivity index (χ1n) is 5.38. The zero-order chi connectivity index (χ0) is 11.1. The average Bonchev–Trinajstić information content (AvgIpc) is 2.56. The molecule has 82 valence electrons. The fourth-order valence-electron chi connectivity index (χ4n) is 1.91. The zero-order valence-electron chi connectivity index (χ0n) is 8.64. The molecular formula is C12H11NO2S. The number of benzene rings is 1. The van der Waals surface area contributed by atoms with Crippen molar-refractivity contribution in [2.24, 2.45) is 0 Å². The van der Waals surface area contributed by atoms with Gasteiger partial charge in [0.1, 0.15) is 0 Å². The van der Waals surface area contributed by atoms with Crippen LogP contribution in [0.25, 0.3) is 10.2 Å². The fourth-order valence-corrected chi connectivity index (χ4v) is 3.08. The monoisotopic (exact) mass is 233 g/mol. The number of thiazole rings is 1. The van der Waals surface area contributed by atoms with E-state index in [1.807, 2.05) is 0 Å². The van der Waals surface area contributed by atoms with Crippen LogP contribution in [-0.2, 0) is 0 Å². The maximum absolute atomic E-state index is 10.8. The minimum absolute atomic E-state index is 0.344. The van der Waals surface area contributed by atoms with Crippen LogP contribution in [0.2, 0.25) is 0 Å². The summed E-state index contributed by atoms with van der Waals surface area (Å²) in [6.45, 7) is 0. The van der Waals surface area contributed by atoms with Crippen molar-refractivity contribution in [3.8, 4) is 0 Å². The van der Waals surface area contributed by atoms with Crippen LogP contribution in [0.15, 0.2) is 18.2 Å². The molecule has 1 N–H and O–H groups in total. The predicted octanol–water partition coefficient (Wildman–Crippen LogP) is 3.26. The molecule has 16 heavy (non-hydrogen) atoms. The van der Waals surface area contributed by atoms with Crippen LogP contribution >= 0.6 is 11.3 Å². The van der Waals surface area contributed by atoms with Gasteiger partial charge in [-0.15, -0.1) is 11.3 Å². The molecule has 1 aliphatic rings. The number of aromatic nitrogens is 1. The molecule has 1 saturated carbocycles. The lowest BCUT2D eigenvalue weighted by Crippen LogP contribution is -2.07. The first-order chi connectivity index (χ1) is 7.74. The van der Waals surface area contributed by atoms with E-state index in [-0.39, 0.29) is 0 Å². The first-order valence-corrected chi connectivity index (χ1v) is 6.19. The Bertz CT molecular complexity index is 557. The molecule has 4 heteroatoms. The molecular weight excluding hydrogens is 222 g/mol. The topological polar surface area (TPSA) is 50.2 Å². The van der Waals surface area contributed by atoms with Gasteiger partial charge in [0.2, 0.25) is 0 Å². The van der Waals surface area contributed by atoms with Crippen LogP contribution in [0.3, 0.4) is 0 Å². The Morgan fingerprint density at radius 2 is 2.25 bits per heavy atom. The van der Waals surface area contributed by atoms with Crippen molar-refractivity contribution in [1.82, 2.24) is 4.98 Å². The second kappa shape index (κ2) is 3.56.